The van der Waals surface area contributed by atoms with E-state index in [1.807, 2.05) is 12.1 Å². The molecule has 1 heterocycles. The van der Waals surface area contributed by atoms with Crippen LogP contribution in [0.15, 0.2) is 24.3 Å². The van der Waals surface area contributed by atoms with Crippen LogP contribution in [0.1, 0.15) is 18.9 Å². The van der Waals surface area contributed by atoms with Gasteiger partial charge >= 0.3 is 0 Å². The van der Waals surface area contributed by atoms with Gasteiger partial charge in [0.2, 0.25) is 0 Å². The lowest BCUT2D eigenvalue weighted by atomic mass is 10.2. The molecule has 1 aliphatic rings. The van der Waals surface area contributed by atoms with E-state index in [1.54, 1.807) is 0 Å². The van der Waals surface area contributed by atoms with Crippen LogP contribution in [0.2, 0.25) is 0 Å². The molecule has 4 nitrogen and oxygen atoms in total. The van der Waals surface area contributed by atoms with Crippen LogP contribution >= 0.6 is 0 Å². The Morgan fingerprint density at radius 2 is 2.14 bits per heavy atom. The molecule has 1 aliphatic heterocycles. The first-order valence-corrected chi connectivity index (χ1v) is 7.97. The molecule has 0 amide bonds. The normalized spacial score (nSPS) is 17.6. The molecule has 0 saturated carbocycles. The molecular formula is C17H28N2O2. The van der Waals surface area contributed by atoms with Gasteiger partial charge < -0.3 is 14.8 Å². The van der Waals surface area contributed by atoms with Crippen LogP contribution < -0.4 is 10.1 Å². The fourth-order valence-corrected chi connectivity index (χ4v) is 2.55. The minimum atomic E-state index is 0.516. The van der Waals surface area contributed by atoms with Gasteiger partial charge in [0, 0.05) is 25.7 Å². The largest absolute Gasteiger partial charge is 0.494 e. The van der Waals surface area contributed by atoms with Gasteiger partial charge in [-0.1, -0.05) is 12.1 Å². The van der Waals surface area contributed by atoms with Crippen molar-refractivity contribution in [3.63, 3.8) is 0 Å². The Balaban J connectivity index is 1.52. The zero-order valence-electron chi connectivity index (χ0n) is 13.3. The number of rotatable bonds is 8. The monoisotopic (exact) mass is 292 g/mol. The molecule has 118 valence electrons. The summed E-state index contributed by atoms with van der Waals surface area (Å²) in [5.41, 5.74) is 1.24. The number of ether oxygens (including phenoxy) is 2. The zero-order valence-corrected chi connectivity index (χ0v) is 13.3. The van der Waals surface area contributed by atoms with Crippen molar-refractivity contribution in [3.05, 3.63) is 29.8 Å². The molecule has 0 bridgehead atoms. The minimum absolute atomic E-state index is 0.516. The van der Waals surface area contributed by atoms with Crippen molar-refractivity contribution in [1.29, 1.82) is 0 Å². The summed E-state index contributed by atoms with van der Waals surface area (Å²) >= 11 is 0. The number of benzene rings is 1. The van der Waals surface area contributed by atoms with E-state index in [0.29, 0.717) is 6.04 Å². The maximum Gasteiger partial charge on any atom is 0.119 e. The number of hydrogen-bond acceptors (Lipinski definition) is 4. The molecule has 2 rings (SSSR count). The second-order valence-electron chi connectivity index (χ2n) is 5.79. The summed E-state index contributed by atoms with van der Waals surface area (Å²) in [6.07, 6.45) is 1.03. The number of hydrogen-bond donors (Lipinski definition) is 1. The molecule has 21 heavy (non-hydrogen) atoms. The summed E-state index contributed by atoms with van der Waals surface area (Å²) in [7, 11) is 0. The third-order valence-corrected chi connectivity index (χ3v) is 3.71. The second kappa shape index (κ2) is 9.03. The predicted octanol–water partition coefficient (Wildman–Crippen LogP) is 2.07. The Hall–Kier alpha value is -1.10. The minimum Gasteiger partial charge on any atom is -0.494 e. The molecule has 1 saturated heterocycles. The van der Waals surface area contributed by atoms with Crippen molar-refractivity contribution < 1.29 is 9.47 Å². The standard InChI is InChI=1S/C17H28N2O2/c1-15-5-3-6-17(13-15)21-10-4-7-18-16(2)14-19-8-11-20-12-9-19/h3,5-6,13,16,18H,4,7-12,14H2,1-2H3. The number of nitrogens with one attached hydrogen (secondary N) is 1. The van der Waals surface area contributed by atoms with Gasteiger partial charge in [0.1, 0.15) is 5.75 Å². The van der Waals surface area contributed by atoms with Gasteiger partial charge in [-0.3, -0.25) is 4.90 Å². The fourth-order valence-electron chi connectivity index (χ4n) is 2.55. The SMILES string of the molecule is Cc1cccc(OCCCNC(C)CN2CCOCC2)c1. The van der Waals surface area contributed by atoms with Crippen molar-refractivity contribution >= 4 is 0 Å². The maximum absolute atomic E-state index is 5.75. The lowest BCUT2D eigenvalue weighted by Gasteiger charge is -2.29. The number of aryl methyl sites for hydroxylation is 1. The molecular weight excluding hydrogens is 264 g/mol. The molecule has 1 N–H and O–H groups in total. The summed E-state index contributed by atoms with van der Waals surface area (Å²) in [5.74, 6) is 0.969. The van der Waals surface area contributed by atoms with Gasteiger partial charge in [0.25, 0.3) is 0 Å². The van der Waals surface area contributed by atoms with E-state index in [0.717, 1.165) is 58.2 Å². The average molecular weight is 292 g/mol. The van der Waals surface area contributed by atoms with Crippen molar-refractivity contribution in [2.75, 3.05) is 46.0 Å². The van der Waals surface area contributed by atoms with Gasteiger partial charge in [0.05, 0.1) is 19.8 Å². The second-order valence-corrected chi connectivity index (χ2v) is 5.79. The van der Waals surface area contributed by atoms with E-state index in [9.17, 15) is 0 Å². The van der Waals surface area contributed by atoms with E-state index < -0.39 is 0 Å². The first-order chi connectivity index (χ1) is 10.2. The predicted molar refractivity (Wildman–Crippen MR) is 86.0 cm³/mol. The van der Waals surface area contributed by atoms with E-state index >= 15 is 0 Å². The summed E-state index contributed by atoms with van der Waals surface area (Å²) in [6.45, 7) is 11.1. The molecule has 0 aliphatic carbocycles. The summed E-state index contributed by atoms with van der Waals surface area (Å²) < 4.78 is 11.1. The molecule has 1 aromatic carbocycles. The quantitative estimate of drug-likeness (QED) is 0.744. The van der Waals surface area contributed by atoms with Crippen LogP contribution in [0.5, 0.6) is 5.75 Å². The zero-order chi connectivity index (χ0) is 14.9. The Morgan fingerprint density at radius 3 is 2.90 bits per heavy atom. The van der Waals surface area contributed by atoms with E-state index in [2.05, 4.69) is 36.2 Å². The summed E-state index contributed by atoms with van der Waals surface area (Å²) in [4.78, 5) is 2.46. The first-order valence-electron chi connectivity index (χ1n) is 7.97. The number of nitrogens with zero attached hydrogens (tertiary/aromatic N) is 1. The lowest BCUT2D eigenvalue weighted by Crippen LogP contribution is -2.44. The Kier molecular flexibility index (Phi) is 7.00. The van der Waals surface area contributed by atoms with Crippen LogP contribution in [-0.2, 0) is 4.74 Å². The fraction of sp³-hybridized carbons (Fsp3) is 0.647. The Bertz CT molecular complexity index is 406. The molecule has 1 atom stereocenters. The van der Waals surface area contributed by atoms with E-state index in [1.165, 1.54) is 5.56 Å². The van der Waals surface area contributed by atoms with Gasteiger partial charge in [0.15, 0.2) is 0 Å². The Morgan fingerprint density at radius 1 is 1.33 bits per heavy atom. The maximum atomic E-state index is 5.75. The van der Waals surface area contributed by atoms with E-state index in [4.69, 9.17) is 9.47 Å². The van der Waals surface area contributed by atoms with Gasteiger partial charge in [-0.2, -0.15) is 0 Å². The van der Waals surface area contributed by atoms with Crippen molar-refractivity contribution in [2.24, 2.45) is 0 Å². The third kappa shape index (κ3) is 6.46. The van der Waals surface area contributed by atoms with Crippen LogP contribution in [0.25, 0.3) is 0 Å². The molecule has 1 fully saturated rings. The molecule has 1 unspecified atom stereocenters. The van der Waals surface area contributed by atoms with Crippen LogP contribution in [-0.4, -0.2) is 56.9 Å². The molecule has 1 aromatic rings. The van der Waals surface area contributed by atoms with Crippen LogP contribution in [0, 0.1) is 6.92 Å². The Labute approximate surface area is 128 Å². The van der Waals surface area contributed by atoms with Crippen LogP contribution in [0.4, 0.5) is 0 Å². The van der Waals surface area contributed by atoms with Gasteiger partial charge in [-0.05, 0) is 44.5 Å². The molecule has 0 spiro atoms. The highest BCUT2D eigenvalue weighted by Crippen LogP contribution is 2.12. The summed E-state index contributed by atoms with van der Waals surface area (Å²) in [5, 5.41) is 3.57. The molecule has 0 radical (unpaired) electrons. The number of morpholine rings is 1. The van der Waals surface area contributed by atoms with E-state index in [-0.39, 0.29) is 0 Å². The molecule has 0 aromatic heterocycles. The van der Waals surface area contributed by atoms with Crippen molar-refractivity contribution in [2.45, 2.75) is 26.3 Å². The first kappa shape index (κ1) is 16.3. The highest BCUT2D eigenvalue weighted by atomic mass is 16.5. The van der Waals surface area contributed by atoms with Crippen molar-refractivity contribution in [1.82, 2.24) is 10.2 Å². The topological polar surface area (TPSA) is 33.7 Å². The smallest absolute Gasteiger partial charge is 0.119 e. The highest BCUT2D eigenvalue weighted by molar-refractivity contribution is 5.27. The third-order valence-electron chi connectivity index (χ3n) is 3.71. The van der Waals surface area contributed by atoms with Gasteiger partial charge in [-0.15, -0.1) is 0 Å². The average Bonchev–Trinajstić information content (AvgIpc) is 2.48. The highest BCUT2D eigenvalue weighted by Gasteiger charge is 2.12. The lowest BCUT2D eigenvalue weighted by molar-refractivity contribution is 0.0344. The van der Waals surface area contributed by atoms with Crippen LogP contribution in [0.3, 0.4) is 0 Å². The van der Waals surface area contributed by atoms with Crippen molar-refractivity contribution in [3.8, 4) is 5.75 Å². The van der Waals surface area contributed by atoms with Gasteiger partial charge in [-0.25, -0.2) is 0 Å². The summed E-state index contributed by atoms with van der Waals surface area (Å²) in [6, 6.07) is 8.73. The molecule has 4 heteroatoms.